The SMILES string of the molecule is CCOC(=O)c1cn(C)c2nc(C(F)(F)F)nn2c1=O. The van der Waals surface area contributed by atoms with Gasteiger partial charge in [0.1, 0.15) is 5.56 Å². The summed E-state index contributed by atoms with van der Waals surface area (Å²) in [4.78, 5) is 26.7. The summed E-state index contributed by atoms with van der Waals surface area (Å²) in [6.07, 6.45) is -3.72. The minimum absolute atomic E-state index is 0.0329. The van der Waals surface area contributed by atoms with Crippen molar-refractivity contribution in [3.8, 4) is 0 Å². The van der Waals surface area contributed by atoms with Crippen molar-refractivity contribution in [3.63, 3.8) is 0 Å². The number of fused-ring (bicyclic) bond motifs is 1. The second-order valence-corrected chi connectivity index (χ2v) is 3.82. The van der Waals surface area contributed by atoms with Crippen LogP contribution in [0, 0.1) is 0 Å². The average Bonchev–Trinajstić information content (AvgIpc) is 2.79. The second kappa shape index (κ2) is 4.62. The molecule has 0 atom stereocenters. The molecular formula is C10H9F3N4O3. The molecule has 0 spiro atoms. The number of aromatic nitrogens is 4. The van der Waals surface area contributed by atoms with Crippen LogP contribution in [-0.2, 0) is 18.0 Å². The number of aryl methyl sites for hydroxylation is 1. The molecule has 20 heavy (non-hydrogen) atoms. The Morgan fingerprint density at radius 1 is 1.45 bits per heavy atom. The highest BCUT2D eigenvalue weighted by atomic mass is 19.4. The van der Waals surface area contributed by atoms with Crippen LogP contribution in [0.25, 0.3) is 5.78 Å². The molecular weight excluding hydrogens is 281 g/mol. The van der Waals surface area contributed by atoms with Gasteiger partial charge in [0.2, 0.25) is 5.78 Å². The van der Waals surface area contributed by atoms with E-state index < -0.39 is 29.1 Å². The van der Waals surface area contributed by atoms with Crippen molar-refractivity contribution in [3.05, 3.63) is 27.9 Å². The third kappa shape index (κ3) is 2.24. The summed E-state index contributed by atoms with van der Waals surface area (Å²) in [6.45, 7) is 1.57. The smallest absolute Gasteiger partial charge is 0.453 e. The van der Waals surface area contributed by atoms with Gasteiger partial charge in [-0.15, -0.1) is 5.10 Å². The first-order valence-corrected chi connectivity index (χ1v) is 5.46. The van der Waals surface area contributed by atoms with E-state index in [1.165, 1.54) is 14.0 Å². The summed E-state index contributed by atoms with van der Waals surface area (Å²) >= 11 is 0. The maximum atomic E-state index is 12.5. The first-order valence-electron chi connectivity index (χ1n) is 5.46. The third-order valence-corrected chi connectivity index (χ3v) is 2.40. The van der Waals surface area contributed by atoms with Crippen molar-refractivity contribution in [1.82, 2.24) is 19.2 Å². The van der Waals surface area contributed by atoms with Crippen LogP contribution in [0.1, 0.15) is 23.1 Å². The van der Waals surface area contributed by atoms with E-state index in [-0.39, 0.29) is 12.4 Å². The number of nitrogens with zero attached hydrogens (tertiary/aromatic N) is 4. The molecule has 10 heteroatoms. The van der Waals surface area contributed by atoms with E-state index >= 15 is 0 Å². The molecule has 0 aliphatic rings. The van der Waals surface area contributed by atoms with Crippen LogP contribution in [0.15, 0.2) is 11.0 Å². The lowest BCUT2D eigenvalue weighted by Gasteiger charge is -2.04. The molecule has 0 aliphatic heterocycles. The molecule has 2 aromatic heterocycles. The second-order valence-electron chi connectivity index (χ2n) is 3.82. The average molecular weight is 290 g/mol. The number of ether oxygens (including phenoxy) is 1. The number of hydrogen-bond acceptors (Lipinski definition) is 5. The predicted molar refractivity (Wildman–Crippen MR) is 59.2 cm³/mol. The molecule has 7 nitrogen and oxygen atoms in total. The van der Waals surface area contributed by atoms with E-state index in [0.29, 0.717) is 4.52 Å². The highest BCUT2D eigenvalue weighted by Crippen LogP contribution is 2.26. The lowest BCUT2D eigenvalue weighted by molar-refractivity contribution is -0.144. The van der Waals surface area contributed by atoms with Gasteiger partial charge in [-0.25, -0.2) is 4.79 Å². The molecule has 0 fully saturated rings. The molecule has 0 bridgehead atoms. The lowest BCUT2D eigenvalue weighted by Crippen LogP contribution is -2.26. The van der Waals surface area contributed by atoms with Crippen LogP contribution >= 0.6 is 0 Å². The summed E-state index contributed by atoms with van der Waals surface area (Å²) in [7, 11) is 1.34. The Bertz CT molecular complexity index is 732. The zero-order chi connectivity index (χ0) is 15.1. The van der Waals surface area contributed by atoms with Gasteiger partial charge < -0.3 is 9.30 Å². The van der Waals surface area contributed by atoms with Crippen molar-refractivity contribution in [2.24, 2.45) is 7.05 Å². The summed E-state index contributed by atoms with van der Waals surface area (Å²) in [5.74, 6) is -2.71. The molecule has 2 aromatic rings. The maximum Gasteiger partial charge on any atom is 0.453 e. The first-order chi connectivity index (χ1) is 9.25. The molecule has 0 radical (unpaired) electrons. The van der Waals surface area contributed by atoms with Gasteiger partial charge in [0.15, 0.2) is 0 Å². The van der Waals surface area contributed by atoms with E-state index in [1.54, 1.807) is 0 Å². The van der Waals surface area contributed by atoms with Crippen LogP contribution in [0.3, 0.4) is 0 Å². The molecule has 2 heterocycles. The number of hydrogen-bond donors (Lipinski definition) is 0. The first kappa shape index (κ1) is 14.0. The minimum Gasteiger partial charge on any atom is -0.462 e. The fourth-order valence-corrected chi connectivity index (χ4v) is 1.56. The number of alkyl halides is 3. The van der Waals surface area contributed by atoms with E-state index in [9.17, 15) is 22.8 Å². The molecule has 0 aliphatic carbocycles. The topological polar surface area (TPSA) is 78.5 Å². The number of halogens is 3. The third-order valence-electron chi connectivity index (χ3n) is 2.40. The summed E-state index contributed by atoms with van der Waals surface area (Å²) in [6, 6.07) is 0. The zero-order valence-corrected chi connectivity index (χ0v) is 10.4. The van der Waals surface area contributed by atoms with Gasteiger partial charge >= 0.3 is 12.1 Å². The zero-order valence-electron chi connectivity index (χ0n) is 10.4. The lowest BCUT2D eigenvalue weighted by atomic mass is 10.3. The number of esters is 1. The Morgan fingerprint density at radius 2 is 2.10 bits per heavy atom. The Hall–Kier alpha value is -2.39. The molecule has 0 aromatic carbocycles. The van der Waals surface area contributed by atoms with E-state index in [1.807, 2.05) is 0 Å². The standard InChI is InChI=1S/C10H9F3N4O3/c1-3-20-7(19)5-4-16(2)9-14-8(10(11,12)13)15-17(9)6(5)18/h4H,3H2,1-2H3. The van der Waals surface area contributed by atoms with Crippen LogP contribution < -0.4 is 5.56 Å². The maximum absolute atomic E-state index is 12.5. The fraction of sp³-hybridized carbons (Fsp3) is 0.400. The highest BCUT2D eigenvalue weighted by Gasteiger charge is 2.37. The molecule has 2 rings (SSSR count). The highest BCUT2D eigenvalue weighted by molar-refractivity contribution is 5.88. The largest absolute Gasteiger partial charge is 0.462 e. The van der Waals surface area contributed by atoms with Crippen molar-refractivity contribution in [2.75, 3.05) is 6.61 Å². The Balaban J connectivity index is 2.70. The van der Waals surface area contributed by atoms with Gasteiger partial charge in [0.05, 0.1) is 6.61 Å². The van der Waals surface area contributed by atoms with Gasteiger partial charge in [0.25, 0.3) is 11.4 Å². The molecule has 0 saturated carbocycles. The molecule has 0 N–H and O–H groups in total. The fourth-order valence-electron chi connectivity index (χ4n) is 1.56. The Labute approximate surface area is 109 Å². The van der Waals surface area contributed by atoms with Crippen molar-refractivity contribution < 1.29 is 22.7 Å². The van der Waals surface area contributed by atoms with Crippen LogP contribution in [0.2, 0.25) is 0 Å². The van der Waals surface area contributed by atoms with Gasteiger partial charge in [0, 0.05) is 13.2 Å². The summed E-state index contributed by atoms with van der Waals surface area (Å²) in [5, 5.41) is 3.09. The van der Waals surface area contributed by atoms with Crippen molar-refractivity contribution in [2.45, 2.75) is 13.1 Å². The van der Waals surface area contributed by atoms with Crippen LogP contribution in [0.5, 0.6) is 0 Å². The van der Waals surface area contributed by atoms with Crippen molar-refractivity contribution in [1.29, 1.82) is 0 Å². The monoisotopic (exact) mass is 290 g/mol. The Kier molecular flexibility index (Phi) is 3.24. The van der Waals surface area contributed by atoms with E-state index in [0.717, 1.165) is 10.8 Å². The quantitative estimate of drug-likeness (QED) is 0.758. The van der Waals surface area contributed by atoms with Gasteiger partial charge in [-0.05, 0) is 6.92 Å². The van der Waals surface area contributed by atoms with Crippen LogP contribution in [0.4, 0.5) is 13.2 Å². The number of carbonyl (C=O) groups excluding carboxylic acids is 1. The summed E-state index contributed by atoms with van der Waals surface area (Å²) < 4.78 is 43.8. The van der Waals surface area contributed by atoms with Crippen LogP contribution in [-0.4, -0.2) is 31.7 Å². The molecule has 0 saturated heterocycles. The molecule has 0 unspecified atom stereocenters. The van der Waals surface area contributed by atoms with E-state index in [4.69, 9.17) is 0 Å². The predicted octanol–water partition coefficient (Wildman–Crippen LogP) is 0.623. The number of carbonyl (C=O) groups is 1. The normalized spacial score (nSPS) is 11.8. The number of rotatable bonds is 2. The van der Waals surface area contributed by atoms with Gasteiger partial charge in [-0.1, -0.05) is 0 Å². The summed E-state index contributed by atoms with van der Waals surface area (Å²) in [5.41, 5.74) is -1.43. The van der Waals surface area contributed by atoms with Gasteiger partial charge in [-0.3, -0.25) is 4.79 Å². The van der Waals surface area contributed by atoms with Crippen molar-refractivity contribution >= 4 is 11.7 Å². The minimum atomic E-state index is -4.78. The molecule has 108 valence electrons. The van der Waals surface area contributed by atoms with Gasteiger partial charge in [-0.2, -0.15) is 22.7 Å². The Morgan fingerprint density at radius 3 is 2.65 bits per heavy atom. The molecule has 0 amide bonds. The van der Waals surface area contributed by atoms with E-state index in [2.05, 4.69) is 14.8 Å².